The lowest BCUT2D eigenvalue weighted by molar-refractivity contribution is -0.112. The zero-order valence-corrected chi connectivity index (χ0v) is 14.0. The molecule has 0 atom stereocenters. The van der Waals surface area contributed by atoms with Gasteiger partial charge in [0, 0.05) is 11.8 Å². The molecule has 7 heteroatoms. The van der Waals surface area contributed by atoms with Crippen LogP contribution in [0.15, 0.2) is 42.0 Å². The molecule has 3 rings (SSSR count). The smallest absolute Gasteiger partial charge is 0.266 e. The predicted octanol–water partition coefficient (Wildman–Crippen LogP) is 3.62. The van der Waals surface area contributed by atoms with Gasteiger partial charge in [-0.25, -0.2) is 0 Å². The Morgan fingerprint density at radius 1 is 1.28 bits per heavy atom. The highest BCUT2D eigenvalue weighted by molar-refractivity contribution is 6.32. The number of amides is 1. The molecule has 25 heavy (non-hydrogen) atoms. The lowest BCUT2D eigenvalue weighted by atomic mass is 10.1. The van der Waals surface area contributed by atoms with Crippen molar-refractivity contribution in [3.05, 3.63) is 52.6 Å². The van der Waals surface area contributed by atoms with Gasteiger partial charge in [0.05, 0.1) is 12.1 Å². The van der Waals surface area contributed by atoms with Gasteiger partial charge in [-0.2, -0.15) is 5.26 Å². The summed E-state index contributed by atoms with van der Waals surface area (Å²) in [5, 5.41) is 12.3. The van der Waals surface area contributed by atoms with Gasteiger partial charge in [0.2, 0.25) is 6.79 Å². The molecule has 1 aliphatic rings. The first-order chi connectivity index (χ1) is 12.1. The molecule has 0 saturated carbocycles. The number of methoxy groups -OCH3 is 1. The summed E-state index contributed by atoms with van der Waals surface area (Å²) in [5.41, 5.74) is 1.06. The SMILES string of the molecule is COc1ccc(/C=C(\C#N)C(=O)Nc2ccc3c(c2)OCO3)cc1Cl. The molecule has 6 nitrogen and oxygen atoms in total. The summed E-state index contributed by atoms with van der Waals surface area (Å²) in [6, 6.07) is 11.9. The number of nitrogens with zero attached hydrogens (tertiary/aromatic N) is 1. The molecular formula is C18H13ClN2O4. The van der Waals surface area contributed by atoms with Gasteiger partial charge in [0.15, 0.2) is 11.5 Å². The minimum absolute atomic E-state index is 0.0566. The molecule has 1 N–H and O–H groups in total. The number of nitriles is 1. The maximum Gasteiger partial charge on any atom is 0.266 e. The third-order valence-electron chi connectivity index (χ3n) is 3.48. The van der Waals surface area contributed by atoms with Crippen molar-refractivity contribution in [3.8, 4) is 23.3 Å². The summed E-state index contributed by atoms with van der Waals surface area (Å²) < 4.78 is 15.5. The number of nitrogens with one attached hydrogen (secondary N) is 1. The van der Waals surface area contributed by atoms with Crippen LogP contribution in [0.1, 0.15) is 5.56 Å². The monoisotopic (exact) mass is 356 g/mol. The molecule has 1 heterocycles. The van der Waals surface area contributed by atoms with E-state index in [-0.39, 0.29) is 12.4 Å². The number of halogens is 1. The van der Waals surface area contributed by atoms with Crippen molar-refractivity contribution in [1.82, 2.24) is 0 Å². The second-order valence-corrected chi connectivity index (χ2v) is 5.49. The molecule has 0 saturated heterocycles. The van der Waals surface area contributed by atoms with Crippen molar-refractivity contribution in [1.29, 1.82) is 5.26 Å². The molecule has 1 aliphatic heterocycles. The Labute approximate surface area is 149 Å². The van der Waals surface area contributed by atoms with Crippen LogP contribution in [-0.2, 0) is 4.79 Å². The molecule has 0 bridgehead atoms. The third-order valence-corrected chi connectivity index (χ3v) is 3.78. The lowest BCUT2D eigenvalue weighted by Crippen LogP contribution is -2.13. The average molecular weight is 357 g/mol. The van der Waals surface area contributed by atoms with Crippen molar-refractivity contribution in [2.75, 3.05) is 19.2 Å². The molecule has 0 unspecified atom stereocenters. The maximum absolute atomic E-state index is 12.3. The van der Waals surface area contributed by atoms with Gasteiger partial charge in [-0.15, -0.1) is 0 Å². The van der Waals surface area contributed by atoms with Crippen LogP contribution >= 0.6 is 11.6 Å². The number of carbonyl (C=O) groups excluding carboxylic acids is 1. The number of rotatable bonds is 4. The summed E-state index contributed by atoms with van der Waals surface area (Å²) >= 11 is 6.06. The fourth-order valence-electron chi connectivity index (χ4n) is 2.26. The minimum Gasteiger partial charge on any atom is -0.495 e. The molecule has 0 aromatic heterocycles. The first-order valence-corrected chi connectivity index (χ1v) is 7.65. The molecule has 2 aromatic rings. The number of anilines is 1. The third kappa shape index (κ3) is 3.67. The Hall–Kier alpha value is -3.17. The van der Waals surface area contributed by atoms with Crippen LogP contribution in [0.5, 0.6) is 17.2 Å². The summed E-state index contributed by atoms with van der Waals surface area (Å²) in [5.74, 6) is 1.14. The maximum atomic E-state index is 12.3. The van der Waals surface area contributed by atoms with E-state index in [1.165, 1.54) is 13.2 Å². The Balaban J connectivity index is 1.79. The Morgan fingerprint density at radius 3 is 2.80 bits per heavy atom. The molecule has 1 amide bonds. The van der Waals surface area contributed by atoms with E-state index in [0.717, 1.165) is 0 Å². The van der Waals surface area contributed by atoms with Gasteiger partial charge in [-0.3, -0.25) is 4.79 Å². The molecular weight excluding hydrogens is 344 g/mol. The number of hydrogen-bond acceptors (Lipinski definition) is 5. The van der Waals surface area contributed by atoms with Crippen LogP contribution in [-0.4, -0.2) is 19.8 Å². The van der Waals surface area contributed by atoms with E-state index in [2.05, 4.69) is 5.32 Å². The second-order valence-electron chi connectivity index (χ2n) is 5.09. The number of hydrogen-bond donors (Lipinski definition) is 1. The molecule has 0 spiro atoms. The van der Waals surface area contributed by atoms with Crippen LogP contribution in [0.2, 0.25) is 5.02 Å². The zero-order valence-electron chi connectivity index (χ0n) is 13.2. The van der Waals surface area contributed by atoms with E-state index >= 15 is 0 Å². The Kier molecular flexibility index (Phi) is 4.78. The van der Waals surface area contributed by atoms with Crippen molar-refractivity contribution >= 4 is 29.3 Å². The highest BCUT2D eigenvalue weighted by atomic mass is 35.5. The Bertz CT molecular complexity index is 902. The summed E-state index contributed by atoms with van der Waals surface area (Å²) in [6.45, 7) is 0.147. The summed E-state index contributed by atoms with van der Waals surface area (Å²) in [7, 11) is 1.51. The lowest BCUT2D eigenvalue weighted by Gasteiger charge is -2.06. The van der Waals surface area contributed by atoms with E-state index < -0.39 is 5.91 Å². The number of carbonyl (C=O) groups is 1. The fraction of sp³-hybridized carbons (Fsp3) is 0.111. The van der Waals surface area contributed by atoms with E-state index in [1.54, 1.807) is 36.4 Å². The standard InChI is InChI=1S/C18H13ClN2O4/c1-23-15-4-2-11(7-14(15)19)6-12(9-20)18(22)21-13-3-5-16-17(8-13)25-10-24-16/h2-8H,10H2,1H3,(H,21,22)/b12-6+. The van der Waals surface area contributed by atoms with Crippen molar-refractivity contribution in [2.45, 2.75) is 0 Å². The van der Waals surface area contributed by atoms with Gasteiger partial charge in [0.25, 0.3) is 5.91 Å². The average Bonchev–Trinajstić information content (AvgIpc) is 3.07. The van der Waals surface area contributed by atoms with E-state index in [1.807, 2.05) is 6.07 Å². The summed E-state index contributed by atoms with van der Waals surface area (Å²) in [4.78, 5) is 12.3. The zero-order chi connectivity index (χ0) is 17.8. The summed E-state index contributed by atoms with van der Waals surface area (Å²) in [6.07, 6.45) is 1.45. The quantitative estimate of drug-likeness (QED) is 0.668. The largest absolute Gasteiger partial charge is 0.495 e. The van der Waals surface area contributed by atoms with Gasteiger partial charge in [-0.05, 0) is 35.9 Å². The van der Waals surface area contributed by atoms with Gasteiger partial charge >= 0.3 is 0 Å². The van der Waals surface area contributed by atoms with Crippen LogP contribution in [0, 0.1) is 11.3 Å². The Morgan fingerprint density at radius 2 is 2.08 bits per heavy atom. The first-order valence-electron chi connectivity index (χ1n) is 7.27. The van der Waals surface area contributed by atoms with Gasteiger partial charge < -0.3 is 19.5 Å². The number of benzene rings is 2. The van der Waals surface area contributed by atoms with E-state index in [9.17, 15) is 10.1 Å². The molecule has 0 fully saturated rings. The van der Waals surface area contributed by atoms with Crippen LogP contribution < -0.4 is 19.5 Å². The van der Waals surface area contributed by atoms with Crippen molar-refractivity contribution < 1.29 is 19.0 Å². The second kappa shape index (κ2) is 7.16. The normalized spacial score (nSPS) is 12.4. The fourth-order valence-corrected chi connectivity index (χ4v) is 2.53. The number of ether oxygens (including phenoxy) is 3. The van der Waals surface area contributed by atoms with Crippen molar-refractivity contribution in [3.63, 3.8) is 0 Å². The molecule has 0 aliphatic carbocycles. The van der Waals surface area contributed by atoms with Gasteiger partial charge in [-0.1, -0.05) is 17.7 Å². The predicted molar refractivity (Wildman–Crippen MR) is 92.8 cm³/mol. The highest BCUT2D eigenvalue weighted by Crippen LogP contribution is 2.34. The molecule has 0 radical (unpaired) electrons. The highest BCUT2D eigenvalue weighted by Gasteiger charge is 2.15. The van der Waals surface area contributed by atoms with Crippen molar-refractivity contribution in [2.24, 2.45) is 0 Å². The van der Waals surface area contributed by atoms with E-state index in [4.69, 9.17) is 25.8 Å². The van der Waals surface area contributed by atoms with E-state index in [0.29, 0.717) is 33.5 Å². The topological polar surface area (TPSA) is 80.6 Å². The number of fused-ring (bicyclic) bond motifs is 1. The molecule has 2 aromatic carbocycles. The van der Waals surface area contributed by atoms with Crippen LogP contribution in [0.4, 0.5) is 5.69 Å². The minimum atomic E-state index is -0.534. The van der Waals surface area contributed by atoms with Crippen LogP contribution in [0.25, 0.3) is 6.08 Å². The van der Waals surface area contributed by atoms with Gasteiger partial charge in [0.1, 0.15) is 17.4 Å². The first kappa shape index (κ1) is 16.7. The van der Waals surface area contributed by atoms with Crippen LogP contribution in [0.3, 0.4) is 0 Å². The molecule has 126 valence electrons.